The minimum Gasteiger partial charge on any atom is -0.341 e. The summed E-state index contributed by atoms with van der Waals surface area (Å²) in [6.45, 7) is 5.92. The molecular formula is C19H27N3O2. The molecule has 0 atom stereocenters. The van der Waals surface area contributed by atoms with Crippen molar-refractivity contribution >= 4 is 11.9 Å². The van der Waals surface area contributed by atoms with Crippen LogP contribution in [0.5, 0.6) is 0 Å². The molecule has 0 radical (unpaired) electrons. The van der Waals surface area contributed by atoms with Gasteiger partial charge in [0.1, 0.15) is 6.54 Å². The normalized spacial score (nSPS) is 18.9. The molecule has 1 aromatic carbocycles. The summed E-state index contributed by atoms with van der Waals surface area (Å²) in [7, 11) is 0. The van der Waals surface area contributed by atoms with E-state index in [1.807, 2.05) is 21.9 Å². The van der Waals surface area contributed by atoms with E-state index in [1.54, 1.807) is 4.90 Å². The van der Waals surface area contributed by atoms with E-state index in [4.69, 9.17) is 0 Å². The van der Waals surface area contributed by atoms with Crippen molar-refractivity contribution in [1.29, 1.82) is 0 Å². The lowest BCUT2D eigenvalue weighted by Gasteiger charge is -2.24. The van der Waals surface area contributed by atoms with Gasteiger partial charge in [-0.3, -0.25) is 4.79 Å². The fourth-order valence-corrected chi connectivity index (χ4v) is 3.54. The monoisotopic (exact) mass is 329 g/mol. The van der Waals surface area contributed by atoms with Crippen molar-refractivity contribution in [2.75, 3.05) is 32.7 Å². The summed E-state index contributed by atoms with van der Waals surface area (Å²) in [6, 6.07) is 8.22. The van der Waals surface area contributed by atoms with Crippen LogP contribution in [0.2, 0.25) is 0 Å². The zero-order chi connectivity index (χ0) is 16.9. The Hall–Kier alpha value is -2.04. The topological polar surface area (TPSA) is 43.9 Å². The first-order valence-electron chi connectivity index (χ1n) is 9.00. The third kappa shape index (κ3) is 4.08. The summed E-state index contributed by atoms with van der Waals surface area (Å²) in [5.41, 5.74) is 2.34. The van der Waals surface area contributed by atoms with Crippen LogP contribution in [-0.4, -0.2) is 59.4 Å². The summed E-state index contributed by atoms with van der Waals surface area (Å²) < 4.78 is 0. The molecule has 0 saturated carbocycles. The van der Waals surface area contributed by atoms with Gasteiger partial charge in [-0.25, -0.2) is 4.79 Å². The van der Waals surface area contributed by atoms with Gasteiger partial charge < -0.3 is 14.7 Å². The maximum Gasteiger partial charge on any atom is 0.320 e. The molecule has 1 aromatic rings. The lowest BCUT2D eigenvalue weighted by atomic mass is 10.1. The van der Waals surface area contributed by atoms with Crippen molar-refractivity contribution in [2.24, 2.45) is 0 Å². The largest absolute Gasteiger partial charge is 0.341 e. The van der Waals surface area contributed by atoms with Gasteiger partial charge in [0.15, 0.2) is 0 Å². The van der Waals surface area contributed by atoms with Crippen LogP contribution in [0.1, 0.15) is 36.8 Å². The third-order valence-electron chi connectivity index (χ3n) is 4.92. The molecule has 0 bridgehead atoms. The number of nitrogens with zero attached hydrogens (tertiary/aromatic N) is 3. The molecule has 0 N–H and O–H groups in total. The Kier molecular flexibility index (Phi) is 5.38. The van der Waals surface area contributed by atoms with E-state index >= 15 is 0 Å². The van der Waals surface area contributed by atoms with Crippen molar-refractivity contribution < 1.29 is 9.59 Å². The second kappa shape index (κ2) is 7.69. The highest BCUT2D eigenvalue weighted by Crippen LogP contribution is 2.16. The SMILES string of the molecule is Cc1cccc(CN2CCN(CC(=O)N3CCCCCC3)C2=O)c1. The van der Waals surface area contributed by atoms with E-state index in [0.717, 1.165) is 31.5 Å². The van der Waals surface area contributed by atoms with Crippen LogP contribution in [0.15, 0.2) is 24.3 Å². The maximum atomic E-state index is 12.6. The first kappa shape index (κ1) is 16.8. The lowest BCUT2D eigenvalue weighted by Crippen LogP contribution is -2.42. The smallest absolute Gasteiger partial charge is 0.320 e. The Morgan fingerprint density at radius 1 is 1.00 bits per heavy atom. The van der Waals surface area contributed by atoms with Crippen LogP contribution in [0.25, 0.3) is 0 Å². The zero-order valence-corrected chi connectivity index (χ0v) is 14.5. The van der Waals surface area contributed by atoms with Gasteiger partial charge in [-0.1, -0.05) is 42.7 Å². The van der Waals surface area contributed by atoms with E-state index in [0.29, 0.717) is 19.6 Å². The van der Waals surface area contributed by atoms with E-state index in [9.17, 15) is 9.59 Å². The number of carbonyl (C=O) groups is 2. The number of hydrogen-bond donors (Lipinski definition) is 0. The summed E-state index contributed by atoms with van der Waals surface area (Å²) in [5.74, 6) is 0.0997. The van der Waals surface area contributed by atoms with E-state index in [2.05, 4.69) is 19.1 Å². The van der Waals surface area contributed by atoms with Crippen molar-refractivity contribution in [3.8, 4) is 0 Å². The standard InChI is InChI=1S/C19H27N3O2/c1-16-7-6-8-17(13-16)14-21-11-12-22(19(21)24)15-18(23)20-9-4-2-3-5-10-20/h6-8,13H,2-5,9-12,14-15H2,1H3. The van der Waals surface area contributed by atoms with Gasteiger partial charge in [0, 0.05) is 32.7 Å². The molecule has 5 nitrogen and oxygen atoms in total. The van der Waals surface area contributed by atoms with Gasteiger partial charge in [-0.2, -0.15) is 0 Å². The van der Waals surface area contributed by atoms with Crippen molar-refractivity contribution in [3.05, 3.63) is 35.4 Å². The molecule has 0 spiro atoms. The minimum absolute atomic E-state index is 0.0142. The lowest BCUT2D eigenvalue weighted by molar-refractivity contribution is -0.131. The van der Waals surface area contributed by atoms with Crippen LogP contribution in [0.3, 0.4) is 0 Å². The first-order valence-corrected chi connectivity index (χ1v) is 9.00. The van der Waals surface area contributed by atoms with Crippen LogP contribution in [0.4, 0.5) is 4.79 Å². The molecule has 0 aliphatic carbocycles. The van der Waals surface area contributed by atoms with Crippen molar-refractivity contribution in [1.82, 2.24) is 14.7 Å². The Labute approximate surface area is 144 Å². The summed E-state index contributed by atoms with van der Waals surface area (Å²) in [5, 5.41) is 0. The van der Waals surface area contributed by atoms with Gasteiger partial charge in [-0.15, -0.1) is 0 Å². The van der Waals surface area contributed by atoms with Crippen LogP contribution in [0, 0.1) is 6.92 Å². The molecule has 2 heterocycles. The van der Waals surface area contributed by atoms with Gasteiger partial charge in [0.25, 0.3) is 0 Å². The highest BCUT2D eigenvalue weighted by Gasteiger charge is 2.31. The Balaban J connectivity index is 1.54. The molecule has 0 unspecified atom stereocenters. The fraction of sp³-hybridized carbons (Fsp3) is 0.579. The van der Waals surface area contributed by atoms with Crippen molar-refractivity contribution in [3.63, 3.8) is 0 Å². The molecule has 2 saturated heterocycles. The van der Waals surface area contributed by atoms with E-state index < -0.39 is 0 Å². The second-order valence-electron chi connectivity index (χ2n) is 6.91. The number of amides is 3. The number of carbonyl (C=O) groups excluding carboxylic acids is 2. The number of hydrogen-bond acceptors (Lipinski definition) is 2. The molecule has 2 aliphatic rings. The summed E-state index contributed by atoms with van der Waals surface area (Å²) in [6.07, 6.45) is 4.58. The highest BCUT2D eigenvalue weighted by atomic mass is 16.2. The Morgan fingerprint density at radius 2 is 1.71 bits per heavy atom. The molecule has 5 heteroatoms. The first-order chi connectivity index (χ1) is 11.6. The van der Waals surface area contributed by atoms with Crippen LogP contribution in [-0.2, 0) is 11.3 Å². The molecule has 3 amide bonds. The zero-order valence-electron chi connectivity index (χ0n) is 14.5. The molecule has 24 heavy (non-hydrogen) atoms. The number of benzene rings is 1. The van der Waals surface area contributed by atoms with Gasteiger partial charge in [0.2, 0.25) is 5.91 Å². The number of aryl methyl sites for hydroxylation is 1. The average molecular weight is 329 g/mol. The molecule has 0 aromatic heterocycles. The number of rotatable bonds is 4. The van der Waals surface area contributed by atoms with Gasteiger partial charge in [-0.05, 0) is 25.3 Å². The van der Waals surface area contributed by atoms with Crippen LogP contribution < -0.4 is 0 Å². The molecule has 130 valence electrons. The fourth-order valence-electron chi connectivity index (χ4n) is 3.54. The average Bonchev–Trinajstić information content (AvgIpc) is 2.79. The van der Waals surface area contributed by atoms with Crippen LogP contribution >= 0.6 is 0 Å². The quantitative estimate of drug-likeness (QED) is 0.852. The number of likely N-dealkylation sites (tertiary alicyclic amines) is 1. The van der Waals surface area contributed by atoms with Gasteiger partial charge in [0.05, 0.1) is 0 Å². The molecular weight excluding hydrogens is 302 g/mol. The Bertz CT molecular complexity index is 594. The number of urea groups is 1. The molecule has 2 aliphatic heterocycles. The van der Waals surface area contributed by atoms with Gasteiger partial charge >= 0.3 is 6.03 Å². The van der Waals surface area contributed by atoms with E-state index in [-0.39, 0.29) is 18.5 Å². The third-order valence-corrected chi connectivity index (χ3v) is 4.92. The summed E-state index contributed by atoms with van der Waals surface area (Å²) in [4.78, 5) is 30.5. The summed E-state index contributed by atoms with van der Waals surface area (Å²) >= 11 is 0. The molecule has 2 fully saturated rings. The van der Waals surface area contributed by atoms with Crippen molar-refractivity contribution in [2.45, 2.75) is 39.2 Å². The van der Waals surface area contributed by atoms with E-state index in [1.165, 1.54) is 18.4 Å². The Morgan fingerprint density at radius 3 is 2.42 bits per heavy atom. The highest BCUT2D eigenvalue weighted by molar-refractivity contribution is 5.85. The predicted molar refractivity (Wildman–Crippen MR) is 93.6 cm³/mol. The molecule has 3 rings (SSSR count). The minimum atomic E-state index is -0.0142. The predicted octanol–water partition coefficient (Wildman–Crippen LogP) is 2.64. The second-order valence-corrected chi connectivity index (χ2v) is 6.91. The maximum absolute atomic E-state index is 12.6.